The smallest absolute Gasteiger partial charge is 0.0529 e. The summed E-state index contributed by atoms with van der Waals surface area (Å²) in [6.07, 6.45) is 3.36. The molecule has 1 aliphatic rings. The van der Waals surface area contributed by atoms with Crippen molar-refractivity contribution in [3.63, 3.8) is 0 Å². The molecule has 0 radical (unpaired) electrons. The summed E-state index contributed by atoms with van der Waals surface area (Å²) in [6, 6.07) is 8.43. The van der Waals surface area contributed by atoms with Crippen LogP contribution in [0.1, 0.15) is 23.7 Å². The maximum Gasteiger partial charge on any atom is 0.0529 e. The second kappa shape index (κ2) is 5.82. The average molecular weight is 343 g/mol. The Balaban J connectivity index is 1.94. The summed E-state index contributed by atoms with van der Waals surface area (Å²) >= 11 is 8.00. The van der Waals surface area contributed by atoms with Crippen molar-refractivity contribution in [2.45, 2.75) is 19.9 Å². The number of fused-ring (bicyclic) bond motifs is 3. The van der Waals surface area contributed by atoms with Crippen LogP contribution in [-0.2, 0) is 13.0 Å². The molecular formula is C19H19ClN2S. The fourth-order valence-corrected chi connectivity index (χ4v) is 4.29. The van der Waals surface area contributed by atoms with Crippen LogP contribution < -0.4 is 0 Å². The quantitative estimate of drug-likeness (QED) is 0.608. The van der Waals surface area contributed by atoms with E-state index in [1.54, 1.807) is 11.3 Å². The zero-order valence-electron chi connectivity index (χ0n) is 13.3. The molecule has 0 bridgehead atoms. The lowest BCUT2D eigenvalue weighted by molar-refractivity contribution is 0.312. The van der Waals surface area contributed by atoms with E-state index in [1.807, 2.05) is 6.07 Å². The van der Waals surface area contributed by atoms with Gasteiger partial charge in [-0.15, -0.1) is 0 Å². The van der Waals surface area contributed by atoms with Gasteiger partial charge in [-0.05, 0) is 65.7 Å². The number of hydrogen-bond donors (Lipinski definition) is 0. The Hall–Kier alpha value is -1.55. The minimum Gasteiger partial charge on any atom is -0.320 e. The molecule has 1 aromatic carbocycles. The number of allylic oxidation sites excluding steroid dienone is 1. The van der Waals surface area contributed by atoms with Crippen LogP contribution in [0.3, 0.4) is 0 Å². The molecular weight excluding hydrogens is 324 g/mol. The highest BCUT2D eigenvalue weighted by Gasteiger charge is 2.22. The highest BCUT2D eigenvalue weighted by molar-refractivity contribution is 7.08. The molecule has 0 atom stereocenters. The maximum atomic E-state index is 6.26. The number of likely N-dealkylation sites (N-methyl/N-ethyl adjacent to an activating group) is 1. The van der Waals surface area contributed by atoms with E-state index in [9.17, 15) is 0 Å². The molecule has 3 heterocycles. The Labute approximate surface area is 145 Å². The zero-order chi connectivity index (χ0) is 16.0. The second-order valence-corrected chi connectivity index (χ2v) is 7.49. The van der Waals surface area contributed by atoms with E-state index in [-0.39, 0.29) is 0 Å². The molecule has 0 fully saturated rings. The molecule has 3 aromatic rings. The van der Waals surface area contributed by atoms with Gasteiger partial charge in [-0.2, -0.15) is 11.3 Å². The molecule has 0 saturated carbocycles. The number of thiophene rings is 1. The van der Waals surface area contributed by atoms with Crippen molar-refractivity contribution >= 4 is 45.6 Å². The molecule has 1 aliphatic heterocycles. The number of rotatable bonds is 2. The molecule has 0 saturated heterocycles. The first-order chi connectivity index (χ1) is 11.1. The Morgan fingerprint density at radius 2 is 2.17 bits per heavy atom. The van der Waals surface area contributed by atoms with Gasteiger partial charge in [-0.3, -0.25) is 0 Å². The zero-order valence-corrected chi connectivity index (χ0v) is 14.9. The first-order valence-electron chi connectivity index (χ1n) is 7.84. The summed E-state index contributed by atoms with van der Waals surface area (Å²) < 4.78 is 2.38. The van der Waals surface area contributed by atoms with Crippen LogP contribution in [0.4, 0.5) is 0 Å². The second-order valence-electron chi connectivity index (χ2n) is 6.27. The van der Waals surface area contributed by atoms with Gasteiger partial charge >= 0.3 is 0 Å². The minimum absolute atomic E-state index is 0.809. The number of nitrogens with zero attached hydrogens (tertiary/aromatic N) is 2. The van der Waals surface area contributed by atoms with E-state index in [0.717, 1.165) is 24.5 Å². The molecule has 0 unspecified atom stereocenters. The van der Waals surface area contributed by atoms with Gasteiger partial charge in [0, 0.05) is 41.8 Å². The Bertz CT molecular complexity index is 890. The van der Waals surface area contributed by atoms with E-state index in [1.165, 1.54) is 33.3 Å². The summed E-state index contributed by atoms with van der Waals surface area (Å²) in [5.41, 5.74) is 6.69. The Morgan fingerprint density at radius 1 is 1.30 bits per heavy atom. The largest absolute Gasteiger partial charge is 0.320 e. The maximum absolute atomic E-state index is 6.26. The summed E-state index contributed by atoms with van der Waals surface area (Å²) in [5.74, 6) is 0. The molecule has 4 rings (SSSR count). The third-order valence-corrected chi connectivity index (χ3v) is 5.56. The van der Waals surface area contributed by atoms with E-state index >= 15 is 0 Å². The van der Waals surface area contributed by atoms with Crippen LogP contribution in [0.5, 0.6) is 0 Å². The van der Waals surface area contributed by atoms with Crippen molar-refractivity contribution in [2.24, 2.45) is 0 Å². The number of hydrogen-bond acceptors (Lipinski definition) is 2. The first kappa shape index (κ1) is 15.0. The van der Waals surface area contributed by atoms with Crippen LogP contribution in [0.2, 0.25) is 5.02 Å². The highest BCUT2D eigenvalue weighted by atomic mass is 35.5. The third kappa shape index (κ3) is 2.63. The van der Waals surface area contributed by atoms with Crippen molar-refractivity contribution in [1.29, 1.82) is 0 Å². The lowest BCUT2D eigenvalue weighted by atomic mass is 10.1. The topological polar surface area (TPSA) is 8.17 Å². The van der Waals surface area contributed by atoms with Crippen molar-refractivity contribution in [3.8, 4) is 0 Å². The predicted molar refractivity (Wildman–Crippen MR) is 101 cm³/mol. The van der Waals surface area contributed by atoms with Gasteiger partial charge in [-0.25, -0.2) is 0 Å². The Kier molecular flexibility index (Phi) is 3.80. The summed E-state index contributed by atoms with van der Waals surface area (Å²) in [6.45, 7) is 4.28. The fourth-order valence-electron chi connectivity index (χ4n) is 3.40. The monoisotopic (exact) mass is 342 g/mol. The molecule has 0 aliphatic carbocycles. The first-order valence-corrected chi connectivity index (χ1v) is 9.16. The van der Waals surface area contributed by atoms with Gasteiger partial charge in [0.05, 0.1) is 5.52 Å². The number of aromatic nitrogens is 1. The van der Waals surface area contributed by atoms with Crippen LogP contribution in [0.25, 0.3) is 22.7 Å². The average Bonchev–Trinajstić information content (AvgIpc) is 3.15. The van der Waals surface area contributed by atoms with Crippen molar-refractivity contribution < 1.29 is 0 Å². The summed E-state index contributed by atoms with van der Waals surface area (Å²) in [7, 11) is 2.18. The van der Waals surface area contributed by atoms with Crippen molar-refractivity contribution in [3.05, 3.63) is 56.9 Å². The van der Waals surface area contributed by atoms with Crippen molar-refractivity contribution in [2.75, 3.05) is 13.6 Å². The molecule has 0 spiro atoms. The van der Waals surface area contributed by atoms with E-state index in [4.69, 9.17) is 11.6 Å². The highest BCUT2D eigenvalue weighted by Crippen LogP contribution is 2.33. The fraction of sp³-hybridized carbons (Fsp3) is 0.263. The molecule has 23 heavy (non-hydrogen) atoms. The van der Waals surface area contributed by atoms with Crippen LogP contribution in [0.15, 0.2) is 35.0 Å². The van der Waals surface area contributed by atoms with Gasteiger partial charge in [-0.1, -0.05) is 11.6 Å². The van der Waals surface area contributed by atoms with Gasteiger partial charge in [0.25, 0.3) is 0 Å². The van der Waals surface area contributed by atoms with Crippen LogP contribution in [-0.4, -0.2) is 23.1 Å². The SMILES string of the molecule is C/C(=C/n1c2c(c3cc(Cl)ccc31)CN(C)CC2)c1ccsc1. The molecule has 0 N–H and O–H groups in total. The van der Waals surface area contributed by atoms with Gasteiger partial charge in [0.1, 0.15) is 0 Å². The van der Waals surface area contributed by atoms with E-state index < -0.39 is 0 Å². The third-order valence-electron chi connectivity index (χ3n) is 4.64. The Morgan fingerprint density at radius 3 is 2.96 bits per heavy atom. The number of halogens is 1. The lowest BCUT2D eigenvalue weighted by Crippen LogP contribution is -2.26. The van der Waals surface area contributed by atoms with Crippen LogP contribution in [0, 0.1) is 0 Å². The molecule has 4 heteroatoms. The van der Waals surface area contributed by atoms with E-state index in [2.05, 4.69) is 58.6 Å². The molecule has 0 amide bonds. The van der Waals surface area contributed by atoms with Gasteiger partial charge in [0.2, 0.25) is 0 Å². The lowest BCUT2D eigenvalue weighted by Gasteiger charge is -2.23. The molecule has 2 nitrogen and oxygen atoms in total. The summed E-state index contributed by atoms with van der Waals surface area (Å²) in [5, 5.41) is 6.43. The van der Waals surface area contributed by atoms with Gasteiger partial charge < -0.3 is 9.47 Å². The summed E-state index contributed by atoms with van der Waals surface area (Å²) in [4.78, 5) is 2.38. The normalized spacial score (nSPS) is 16.0. The van der Waals surface area contributed by atoms with E-state index in [0.29, 0.717) is 0 Å². The standard InChI is InChI=1S/C19H19ClN2S/c1-13(14-6-8-23-12-14)10-22-18-4-3-15(20)9-16(18)17-11-21(2)7-5-19(17)22/h3-4,6,8-10,12H,5,7,11H2,1-2H3/b13-10-. The van der Waals surface area contributed by atoms with Gasteiger partial charge in [0.15, 0.2) is 0 Å². The molecule has 118 valence electrons. The minimum atomic E-state index is 0.809. The van der Waals surface area contributed by atoms with Crippen LogP contribution >= 0.6 is 22.9 Å². The van der Waals surface area contributed by atoms with Crippen molar-refractivity contribution in [1.82, 2.24) is 9.47 Å². The number of benzene rings is 1. The predicted octanol–water partition coefficient (Wildman–Crippen LogP) is 5.36. The molecule has 2 aromatic heterocycles.